The molecule has 0 spiro atoms. The lowest BCUT2D eigenvalue weighted by molar-refractivity contribution is -0.905. The van der Waals surface area contributed by atoms with Crippen LogP contribution in [0.1, 0.15) is 72.4 Å². The van der Waals surface area contributed by atoms with Crippen molar-refractivity contribution >= 4 is 34.8 Å². The fourth-order valence-corrected chi connectivity index (χ4v) is 4.68. The van der Waals surface area contributed by atoms with Crippen molar-refractivity contribution < 1.29 is 28.1 Å². The van der Waals surface area contributed by atoms with E-state index in [9.17, 15) is 19.2 Å². The number of anilines is 2. The van der Waals surface area contributed by atoms with Crippen LogP contribution >= 0.6 is 0 Å². The number of hydrogen-bond donors (Lipinski definition) is 2. The maximum Gasteiger partial charge on any atom is 0.230 e. The van der Waals surface area contributed by atoms with E-state index < -0.39 is 0 Å². The van der Waals surface area contributed by atoms with Crippen LogP contribution in [0, 0.1) is 0 Å². The number of quaternary nitrogens is 2. The minimum atomic E-state index is -0.342. The third-order valence-electron chi connectivity index (χ3n) is 8.44. The number of fused-ring (bicyclic) bond motifs is 2. The number of nitrogens with one attached hydrogen (secondary N) is 2. The van der Waals surface area contributed by atoms with Crippen LogP contribution in [0.2, 0.25) is 0 Å². The molecule has 0 atom stereocenters. The molecule has 0 aromatic heterocycles. The average Bonchev–Trinajstić information content (AvgIpc) is 2.94. The maximum atomic E-state index is 13.6. The number of ketones is 2. The van der Waals surface area contributed by atoms with Gasteiger partial charge in [0.1, 0.15) is 0 Å². The van der Waals surface area contributed by atoms with Crippen LogP contribution in [0.3, 0.4) is 0 Å². The molecule has 0 radical (unpaired) electrons. The molecule has 0 fully saturated rings. The van der Waals surface area contributed by atoms with E-state index in [4.69, 9.17) is 0 Å². The van der Waals surface area contributed by atoms with Gasteiger partial charge in [0.2, 0.25) is 11.8 Å². The summed E-state index contributed by atoms with van der Waals surface area (Å²) >= 11 is 0. The Hall–Kier alpha value is -3.36. The lowest BCUT2D eigenvalue weighted by Gasteiger charge is -2.32. The molecule has 2 aromatic carbocycles. The van der Waals surface area contributed by atoms with Crippen LogP contribution in [0.15, 0.2) is 36.4 Å². The van der Waals surface area contributed by atoms with Gasteiger partial charge in [-0.05, 0) is 39.8 Å². The highest BCUT2D eigenvalue weighted by Crippen LogP contribution is 2.36. The second kappa shape index (κ2) is 12.0. The van der Waals surface area contributed by atoms with Gasteiger partial charge in [0.15, 0.2) is 11.6 Å². The Morgan fingerprint density at radius 1 is 0.632 bits per heavy atom. The number of amides is 2. The zero-order valence-electron chi connectivity index (χ0n) is 23.6. The molecular weight excluding hydrogens is 480 g/mol. The van der Waals surface area contributed by atoms with E-state index in [0.29, 0.717) is 35.6 Å². The fourth-order valence-electron chi connectivity index (χ4n) is 4.68. The molecule has 3 rings (SSSR count). The van der Waals surface area contributed by atoms with Crippen molar-refractivity contribution in [2.24, 2.45) is 0 Å². The van der Waals surface area contributed by atoms with E-state index in [1.807, 2.05) is 0 Å². The van der Waals surface area contributed by atoms with E-state index in [1.165, 1.54) is 0 Å². The Labute approximate surface area is 226 Å². The molecule has 2 aromatic rings. The second-order valence-electron chi connectivity index (χ2n) is 10.7. The molecule has 1 aliphatic rings. The summed E-state index contributed by atoms with van der Waals surface area (Å²) in [6.45, 7) is 13.3. The molecule has 0 bridgehead atoms. The SMILES string of the molecule is CC[N+](C)(CC)CCC(=O)Nc1ccc(NC(=O)CC[N+](C)(CC)CC)c2c1C(=O)c1ccccc1C2=O. The molecule has 0 saturated carbocycles. The third-order valence-corrected chi connectivity index (χ3v) is 8.44. The van der Waals surface area contributed by atoms with Gasteiger partial charge >= 0.3 is 0 Å². The van der Waals surface area contributed by atoms with Gasteiger partial charge < -0.3 is 19.6 Å². The molecule has 0 heterocycles. The first-order valence-corrected chi connectivity index (χ1v) is 13.6. The molecule has 204 valence electrons. The Kier molecular flexibility index (Phi) is 9.22. The molecule has 2 amide bonds. The Morgan fingerprint density at radius 2 is 0.974 bits per heavy atom. The minimum Gasteiger partial charge on any atom is -0.326 e. The number of carbonyl (C=O) groups excluding carboxylic acids is 4. The predicted octanol–water partition coefficient (Wildman–Crippen LogP) is 4.09. The predicted molar refractivity (Wildman–Crippen MR) is 151 cm³/mol. The molecule has 8 nitrogen and oxygen atoms in total. The van der Waals surface area contributed by atoms with Crippen LogP contribution in [0.5, 0.6) is 0 Å². The summed E-state index contributed by atoms with van der Waals surface area (Å²) in [6.07, 6.45) is 0.575. The van der Waals surface area contributed by atoms with Gasteiger partial charge in [0.05, 0.1) is 88.7 Å². The van der Waals surface area contributed by atoms with Crippen LogP contribution in [0.4, 0.5) is 11.4 Å². The quantitative estimate of drug-likeness (QED) is 0.351. The summed E-state index contributed by atoms with van der Waals surface area (Å²) in [5, 5.41) is 5.75. The van der Waals surface area contributed by atoms with Gasteiger partial charge in [0, 0.05) is 11.1 Å². The molecule has 0 aliphatic heterocycles. The summed E-state index contributed by atoms with van der Waals surface area (Å²) in [5.74, 6) is -1.12. The monoisotopic (exact) mass is 522 g/mol. The number of nitrogens with zero attached hydrogens (tertiary/aromatic N) is 2. The van der Waals surface area contributed by atoms with Crippen molar-refractivity contribution in [1.82, 2.24) is 0 Å². The van der Waals surface area contributed by atoms with Crippen molar-refractivity contribution in [3.05, 3.63) is 58.7 Å². The lowest BCUT2D eigenvalue weighted by Crippen LogP contribution is -2.45. The zero-order chi connectivity index (χ0) is 28.1. The largest absolute Gasteiger partial charge is 0.326 e. The van der Waals surface area contributed by atoms with Gasteiger partial charge in [-0.25, -0.2) is 0 Å². The fraction of sp³-hybridized carbons (Fsp3) is 0.467. The van der Waals surface area contributed by atoms with E-state index in [2.05, 4.69) is 52.4 Å². The number of carbonyl (C=O) groups is 4. The highest BCUT2D eigenvalue weighted by Gasteiger charge is 2.35. The topological polar surface area (TPSA) is 92.3 Å². The highest BCUT2D eigenvalue weighted by atomic mass is 16.2. The van der Waals surface area contributed by atoms with Crippen LogP contribution in [-0.4, -0.2) is 85.7 Å². The average molecular weight is 523 g/mol. The molecule has 38 heavy (non-hydrogen) atoms. The third kappa shape index (κ3) is 6.19. The zero-order valence-corrected chi connectivity index (χ0v) is 23.6. The van der Waals surface area contributed by atoms with E-state index in [-0.39, 0.29) is 47.3 Å². The number of benzene rings is 2. The van der Waals surface area contributed by atoms with Crippen molar-refractivity contribution in [2.75, 3.05) is 64.0 Å². The highest BCUT2D eigenvalue weighted by molar-refractivity contribution is 6.32. The summed E-state index contributed by atoms with van der Waals surface area (Å²) in [7, 11) is 4.21. The van der Waals surface area contributed by atoms with Gasteiger partial charge in [0.25, 0.3) is 0 Å². The van der Waals surface area contributed by atoms with Crippen molar-refractivity contribution in [3.8, 4) is 0 Å². The van der Waals surface area contributed by atoms with Gasteiger partial charge in [-0.15, -0.1) is 0 Å². The molecule has 8 heteroatoms. The molecule has 0 saturated heterocycles. The Morgan fingerprint density at radius 3 is 1.29 bits per heavy atom. The molecular formula is C30H42N4O4+2. The lowest BCUT2D eigenvalue weighted by atomic mass is 9.82. The first-order valence-electron chi connectivity index (χ1n) is 13.6. The summed E-state index contributed by atoms with van der Waals surface area (Å²) in [4.78, 5) is 53.1. The van der Waals surface area contributed by atoms with E-state index in [1.54, 1.807) is 36.4 Å². The van der Waals surface area contributed by atoms with Gasteiger partial charge in [-0.1, -0.05) is 24.3 Å². The normalized spacial score (nSPS) is 13.1. The van der Waals surface area contributed by atoms with Crippen molar-refractivity contribution in [1.29, 1.82) is 0 Å². The van der Waals surface area contributed by atoms with Gasteiger partial charge in [-0.2, -0.15) is 0 Å². The number of hydrogen-bond acceptors (Lipinski definition) is 4. The molecule has 0 unspecified atom stereocenters. The number of rotatable bonds is 12. The minimum absolute atomic E-state index is 0.130. The van der Waals surface area contributed by atoms with Crippen molar-refractivity contribution in [3.63, 3.8) is 0 Å². The van der Waals surface area contributed by atoms with Crippen LogP contribution in [0.25, 0.3) is 0 Å². The molecule has 1 aliphatic carbocycles. The summed E-state index contributed by atoms with van der Waals surface area (Å²) < 4.78 is 1.52. The second-order valence-corrected chi connectivity index (χ2v) is 10.7. The van der Waals surface area contributed by atoms with E-state index in [0.717, 1.165) is 35.1 Å². The maximum absolute atomic E-state index is 13.6. The first-order chi connectivity index (χ1) is 18.0. The van der Waals surface area contributed by atoms with Crippen LogP contribution < -0.4 is 10.6 Å². The Balaban J connectivity index is 1.94. The van der Waals surface area contributed by atoms with E-state index >= 15 is 0 Å². The molecule has 2 N–H and O–H groups in total. The summed E-state index contributed by atoms with van der Waals surface area (Å²) in [5.41, 5.74) is 1.43. The Bertz CT molecular complexity index is 1130. The summed E-state index contributed by atoms with van der Waals surface area (Å²) in [6, 6.07) is 9.88. The van der Waals surface area contributed by atoms with Gasteiger partial charge in [-0.3, -0.25) is 19.2 Å². The smallest absolute Gasteiger partial charge is 0.230 e. The first kappa shape index (κ1) is 29.2. The van der Waals surface area contributed by atoms with Crippen LogP contribution in [-0.2, 0) is 9.59 Å². The standard InChI is InChI=1S/C30H40N4O4/c1-7-33(5,8-2)19-17-25(35)31-23-15-16-24(32-26(36)18-20-34(6,9-3)10-4)28-27(23)29(37)21-13-11-12-14-22(21)30(28)38/h11-16H,7-10,17-20H2,1-6H3/p+2. The van der Waals surface area contributed by atoms with Crippen molar-refractivity contribution in [2.45, 2.75) is 40.5 Å².